The van der Waals surface area contributed by atoms with E-state index in [-0.39, 0.29) is 0 Å². The van der Waals surface area contributed by atoms with E-state index in [1.807, 2.05) is 0 Å². The van der Waals surface area contributed by atoms with Gasteiger partial charge in [-0.1, -0.05) is 28.1 Å². The normalized spacial score (nSPS) is 20.6. The average molecular weight is 326 g/mol. The molecule has 106 valence electrons. The fourth-order valence-corrected chi connectivity index (χ4v) is 2.96. The lowest BCUT2D eigenvalue weighted by Crippen LogP contribution is -2.49. The van der Waals surface area contributed by atoms with E-state index in [0.29, 0.717) is 6.04 Å². The smallest absolute Gasteiger partial charge is 0.0207 e. The van der Waals surface area contributed by atoms with Crippen molar-refractivity contribution in [2.45, 2.75) is 18.9 Å². The van der Waals surface area contributed by atoms with E-state index in [1.165, 1.54) is 29.5 Å². The summed E-state index contributed by atoms with van der Waals surface area (Å²) >= 11 is 3.51. The van der Waals surface area contributed by atoms with Crippen molar-refractivity contribution in [3.05, 3.63) is 34.3 Å². The van der Waals surface area contributed by atoms with Gasteiger partial charge in [0.15, 0.2) is 0 Å². The summed E-state index contributed by atoms with van der Waals surface area (Å²) in [5.41, 5.74) is 1.39. The summed E-state index contributed by atoms with van der Waals surface area (Å²) in [5, 5.41) is 7.12. The van der Waals surface area contributed by atoms with Crippen LogP contribution in [0.25, 0.3) is 0 Å². The van der Waals surface area contributed by atoms with Gasteiger partial charge in [0.05, 0.1) is 0 Å². The Hall–Kier alpha value is -0.420. The minimum atomic E-state index is 0.650. The molecule has 1 aromatic carbocycles. The predicted molar refractivity (Wildman–Crippen MR) is 84.6 cm³/mol. The topological polar surface area (TPSA) is 27.3 Å². The largest absolute Gasteiger partial charge is 0.316 e. The summed E-state index contributed by atoms with van der Waals surface area (Å²) in [7, 11) is 2.20. The van der Waals surface area contributed by atoms with Crippen molar-refractivity contribution >= 4 is 15.9 Å². The van der Waals surface area contributed by atoms with Gasteiger partial charge in [-0.15, -0.1) is 0 Å². The van der Waals surface area contributed by atoms with E-state index >= 15 is 0 Å². The summed E-state index contributed by atoms with van der Waals surface area (Å²) in [6, 6.07) is 9.20. The Morgan fingerprint density at radius 1 is 1.42 bits per heavy atom. The lowest BCUT2D eigenvalue weighted by molar-refractivity contribution is 0.231. The van der Waals surface area contributed by atoms with Gasteiger partial charge in [-0.05, 0) is 50.7 Å². The lowest BCUT2D eigenvalue weighted by atomic mass is 10.1. The van der Waals surface area contributed by atoms with Crippen LogP contribution in [0.15, 0.2) is 28.7 Å². The minimum absolute atomic E-state index is 0.650. The van der Waals surface area contributed by atoms with Crippen molar-refractivity contribution in [1.29, 1.82) is 0 Å². The molecule has 19 heavy (non-hydrogen) atoms. The lowest BCUT2D eigenvalue weighted by Gasteiger charge is -2.30. The van der Waals surface area contributed by atoms with Crippen LogP contribution in [-0.2, 0) is 6.42 Å². The Bertz CT molecular complexity index is 383. The Morgan fingerprint density at radius 3 is 3.11 bits per heavy atom. The van der Waals surface area contributed by atoms with Crippen molar-refractivity contribution in [2.75, 3.05) is 39.8 Å². The quantitative estimate of drug-likeness (QED) is 0.782. The van der Waals surface area contributed by atoms with Crippen molar-refractivity contribution < 1.29 is 0 Å². The molecule has 1 atom stereocenters. The van der Waals surface area contributed by atoms with Gasteiger partial charge in [0.25, 0.3) is 0 Å². The second kappa shape index (κ2) is 8.00. The first kappa shape index (κ1) is 15.0. The van der Waals surface area contributed by atoms with Gasteiger partial charge >= 0.3 is 0 Å². The first-order valence-electron chi connectivity index (χ1n) is 7.11. The molecule has 0 radical (unpaired) electrons. The molecule has 1 fully saturated rings. The van der Waals surface area contributed by atoms with E-state index < -0.39 is 0 Å². The summed E-state index contributed by atoms with van der Waals surface area (Å²) in [6.45, 7) is 5.62. The SMILES string of the molecule is CN1CCNC(CCNCCc2cccc(Br)c2)C1. The monoisotopic (exact) mass is 325 g/mol. The van der Waals surface area contributed by atoms with Crippen LogP contribution in [-0.4, -0.2) is 50.7 Å². The predicted octanol–water partition coefficient (Wildman–Crippen LogP) is 1.87. The third-order valence-corrected chi connectivity index (χ3v) is 4.10. The molecule has 0 aromatic heterocycles. The molecule has 2 N–H and O–H groups in total. The van der Waals surface area contributed by atoms with E-state index in [1.54, 1.807) is 0 Å². The number of piperazine rings is 1. The maximum atomic E-state index is 3.58. The summed E-state index contributed by atoms with van der Waals surface area (Å²) in [4.78, 5) is 2.41. The molecule has 1 aliphatic heterocycles. The Morgan fingerprint density at radius 2 is 2.32 bits per heavy atom. The molecule has 0 saturated carbocycles. The number of hydrogen-bond acceptors (Lipinski definition) is 3. The Labute approximate surface area is 124 Å². The van der Waals surface area contributed by atoms with Crippen LogP contribution >= 0.6 is 15.9 Å². The second-order valence-electron chi connectivity index (χ2n) is 5.33. The number of nitrogens with zero attached hydrogens (tertiary/aromatic N) is 1. The Balaban J connectivity index is 1.57. The fraction of sp³-hybridized carbons (Fsp3) is 0.600. The van der Waals surface area contributed by atoms with Gasteiger partial charge in [-0.2, -0.15) is 0 Å². The Kier molecular flexibility index (Phi) is 6.31. The summed E-state index contributed by atoms with van der Waals surface area (Å²) in [6.07, 6.45) is 2.31. The number of likely N-dealkylation sites (N-methyl/N-ethyl adjacent to an activating group) is 1. The van der Waals surface area contributed by atoms with E-state index in [4.69, 9.17) is 0 Å². The molecule has 4 heteroatoms. The van der Waals surface area contributed by atoms with Gasteiger partial charge < -0.3 is 15.5 Å². The number of halogens is 1. The van der Waals surface area contributed by atoms with Crippen LogP contribution in [0.2, 0.25) is 0 Å². The van der Waals surface area contributed by atoms with Crippen molar-refractivity contribution in [1.82, 2.24) is 15.5 Å². The molecule has 3 nitrogen and oxygen atoms in total. The molecule has 0 aliphatic carbocycles. The van der Waals surface area contributed by atoms with Gasteiger partial charge in [0.1, 0.15) is 0 Å². The maximum Gasteiger partial charge on any atom is 0.0207 e. The van der Waals surface area contributed by atoms with Gasteiger partial charge in [-0.3, -0.25) is 0 Å². The summed E-state index contributed by atoms with van der Waals surface area (Å²) in [5.74, 6) is 0. The maximum absolute atomic E-state index is 3.58. The van der Waals surface area contributed by atoms with E-state index in [0.717, 1.165) is 26.1 Å². The summed E-state index contributed by atoms with van der Waals surface area (Å²) < 4.78 is 1.17. The van der Waals surface area contributed by atoms with E-state index in [9.17, 15) is 0 Å². The highest BCUT2D eigenvalue weighted by Gasteiger charge is 2.15. The second-order valence-corrected chi connectivity index (χ2v) is 6.25. The number of hydrogen-bond donors (Lipinski definition) is 2. The third kappa shape index (κ3) is 5.61. The van der Waals surface area contributed by atoms with Crippen LogP contribution in [0.3, 0.4) is 0 Å². The van der Waals surface area contributed by atoms with Gasteiger partial charge in [0, 0.05) is 30.1 Å². The van der Waals surface area contributed by atoms with Gasteiger partial charge in [0.2, 0.25) is 0 Å². The van der Waals surface area contributed by atoms with Gasteiger partial charge in [-0.25, -0.2) is 0 Å². The minimum Gasteiger partial charge on any atom is -0.316 e. The molecular formula is C15H24BrN3. The molecule has 1 unspecified atom stereocenters. The number of nitrogens with one attached hydrogen (secondary N) is 2. The molecular weight excluding hydrogens is 302 g/mol. The highest BCUT2D eigenvalue weighted by atomic mass is 79.9. The number of rotatable bonds is 6. The van der Waals surface area contributed by atoms with E-state index in [2.05, 4.69) is 62.8 Å². The molecule has 0 amide bonds. The van der Waals surface area contributed by atoms with Crippen LogP contribution in [0.1, 0.15) is 12.0 Å². The van der Waals surface area contributed by atoms with Crippen LogP contribution in [0, 0.1) is 0 Å². The molecule has 2 rings (SSSR count). The number of benzene rings is 1. The molecule has 1 saturated heterocycles. The van der Waals surface area contributed by atoms with Crippen LogP contribution in [0.5, 0.6) is 0 Å². The first-order valence-corrected chi connectivity index (χ1v) is 7.90. The standard InChI is InChI=1S/C15H24BrN3/c1-19-10-9-18-15(12-19)6-8-17-7-5-13-3-2-4-14(16)11-13/h2-4,11,15,17-18H,5-10,12H2,1H3. The molecule has 0 bridgehead atoms. The zero-order chi connectivity index (χ0) is 13.5. The molecule has 1 heterocycles. The molecule has 1 aromatic rings. The fourth-order valence-electron chi connectivity index (χ4n) is 2.51. The average Bonchev–Trinajstić information content (AvgIpc) is 2.38. The van der Waals surface area contributed by atoms with Crippen molar-refractivity contribution in [3.8, 4) is 0 Å². The highest BCUT2D eigenvalue weighted by molar-refractivity contribution is 9.10. The zero-order valence-corrected chi connectivity index (χ0v) is 13.2. The zero-order valence-electron chi connectivity index (χ0n) is 11.7. The highest BCUT2D eigenvalue weighted by Crippen LogP contribution is 2.11. The van der Waals surface area contributed by atoms with Crippen LogP contribution in [0.4, 0.5) is 0 Å². The van der Waals surface area contributed by atoms with Crippen molar-refractivity contribution in [2.24, 2.45) is 0 Å². The first-order chi connectivity index (χ1) is 9.24. The van der Waals surface area contributed by atoms with Crippen molar-refractivity contribution in [3.63, 3.8) is 0 Å². The van der Waals surface area contributed by atoms with Crippen LogP contribution < -0.4 is 10.6 Å². The molecule has 1 aliphatic rings. The third-order valence-electron chi connectivity index (χ3n) is 3.61. The molecule has 0 spiro atoms.